The second kappa shape index (κ2) is 6.30. The van der Waals surface area contributed by atoms with Crippen molar-refractivity contribution in [1.82, 2.24) is 19.6 Å². The summed E-state index contributed by atoms with van der Waals surface area (Å²) in [6.45, 7) is 6.44. The van der Waals surface area contributed by atoms with Gasteiger partial charge in [0.25, 0.3) is 10.8 Å². The van der Waals surface area contributed by atoms with Crippen LogP contribution in [0.4, 0.5) is 0 Å². The molecule has 4 aromatic rings. The molecule has 3 heterocycles. The van der Waals surface area contributed by atoms with Gasteiger partial charge in [0.05, 0.1) is 5.69 Å². The number of fused-ring (bicyclic) bond motifs is 1. The minimum atomic E-state index is -0.229. The quantitative estimate of drug-likeness (QED) is 0.525. The van der Waals surface area contributed by atoms with Gasteiger partial charge in [-0.1, -0.05) is 32.9 Å². The van der Waals surface area contributed by atoms with Gasteiger partial charge in [0.1, 0.15) is 10.8 Å². The monoisotopic (exact) mass is 384 g/mol. The number of ether oxygens (including phenoxy) is 1. The van der Waals surface area contributed by atoms with Crippen LogP contribution in [0.5, 0.6) is 10.9 Å². The number of rotatable bonds is 3. The molecule has 0 aliphatic rings. The summed E-state index contributed by atoms with van der Waals surface area (Å²) >= 11 is 2.84. The van der Waals surface area contributed by atoms with Crippen LogP contribution < -0.4 is 10.3 Å². The second-order valence-electron chi connectivity index (χ2n) is 6.76. The molecule has 0 spiro atoms. The average molecular weight is 384 g/mol. The molecule has 3 aromatic heterocycles. The zero-order valence-electron chi connectivity index (χ0n) is 14.5. The Bertz CT molecular complexity index is 1140. The topological polar surface area (TPSA) is 69.4 Å². The summed E-state index contributed by atoms with van der Waals surface area (Å²) in [6.07, 6.45) is 1.47. The normalized spacial score (nSPS) is 11.8. The summed E-state index contributed by atoms with van der Waals surface area (Å²) in [5, 5.41) is 7.58. The third kappa shape index (κ3) is 3.25. The van der Waals surface area contributed by atoms with Crippen molar-refractivity contribution in [2.45, 2.75) is 26.2 Å². The van der Waals surface area contributed by atoms with Crippen molar-refractivity contribution < 1.29 is 4.74 Å². The van der Waals surface area contributed by atoms with Crippen molar-refractivity contribution in [3.05, 3.63) is 58.0 Å². The Morgan fingerprint density at radius 1 is 1.19 bits per heavy atom. The highest BCUT2D eigenvalue weighted by atomic mass is 32.1. The zero-order chi connectivity index (χ0) is 18.3. The van der Waals surface area contributed by atoms with Crippen molar-refractivity contribution in [2.24, 2.45) is 0 Å². The van der Waals surface area contributed by atoms with Gasteiger partial charge in [0.2, 0.25) is 4.96 Å². The van der Waals surface area contributed by atoms with Crippen molar-refractivity contribution >= 4 is 27.6 Å². The molecule has 132 valence electrons. The molecule has 26 heavy (non-hydrogen) atoms. The Balaban J connectivity index is 1.64. The van der Waals surface area contributed by atoms with E-state index in [9.17, 15) is 4.79 Å². The van der Waals surface area contributed by atoms with Gasteiger partial charge >= 0.3 is 0 Å². The standard InChI is InChI=1S/C18H16N4O2S2/c1-18(2,3)13-10-25-15(20-13)11-5-4-6-12(9-11)24-17-21-22-14(23)7-8-19-16(22)26-17/h4-10H,1-3H3. The zero-order valence-corrected chi connectivity index (χ0v) is 16.1. The smallest absolute Gasteiger partial charge is 0.299 e. The maximum Gasteiger partial charge on any atom is 0.299 e. The third-order valence-electron chi connectivity index (χ3n) is 3.71. The van der Waals surface area contributed by atoms with Gasteiger partial charge in [-0.2, -0.15) is 4.52 Å². The predicted molar refractivity (Wildman–Crippen MR) is 103 cm³/mol. The summed E-state index contributed by atoms with van der Waals surface area (Å²) in [5.41, 5.74) is 1.84. The van der Waals surface area contributed by atoms with Gasteiger partial charge in [0, 0.05) is 28.6 Å². The highest BCUT2D eigenvalue weighted by Gasteiger charge is 2.18. The summed E-state index contributed by atoms with van der Waals surface area (Å²) in [7, 11) is 0. The Labute approximate surface area is 157 Å². The van der Waals surface area contributed by atoms with Crippen LogP contribution in [-0.2, 0) is 5.41 Å². The van der Waals surface area contributed by atoms with Crippen molar-refractivity contribution in [1.29, 1.82) is 0 Å². The molecule has 0 radical (unpaired) electrons. The van der Waals surface area contributed by atoms with E-state index in [1.165, 1.54) is 28.1 Å². The molecule has 0 aliphatic heterocycles. The summed E-state index contributed by atoms with van der Waals surface area (Å²) in [4.78, 5) is 21.1. The molecule has 0 aliphatic carbocycles. The molecule has 6 nitrogen and oxygen atoms in total. The van der Waals surface area contributed by atoms with Crippen LogP contribution in [0, 0.1) is 0 Å². The maximum absolute atomic E-state index is 11.8. The van der Waals surface area contributed by atoms with E-state index < -0.39 is 0 Å². The van der Waals surface area contributed by atoms with E-state index in [-0.39, 0.29) is 11.0 Å². The fourth-order valence-electron chi connectivity index (χ4n) is 2.31. The second-order valence-corrected chi connectivity index (χ2v) is 8.54. The van der Waals surface area contributed by atoms with Crippen molar-refractivity contribution in [3.63, 3.8) is 0 Å². The summed E-state index contributed by atoms with van der Waals surface area (Å²) in [6, 6.07) is 9.06. The van der Waals surface area contributed by atoms with Gasteiger partial charge < -0.3 is 4.74 Å². The van der Waals surface area contributed by atoms with E-state index in [4.69, 9.17) is 9.72 Å². The van der Waals surface area contributed by atoms with Crippen LogP contribution in [0.25, 0.3) is 15.5 Å². The molecule has 0 saturated carbocycles. The van der Waals surface area contributed by atoms with E-state index in [2.05, 4.69) is 36.2 Å². The third-order valence-corrected chi connectivity index (χ3v) is 5.40. The number of thiazole rings is 1. The molecule has 0 bridgehead atoms. The molecule has 0 N–H and O–H groups in total. The number of nitrogens with zero attached hydrogens (tertiary/aromatic N) is 4. The number of hydrogen-bond donors (Lipinski definition) is 0. The predicted octanol–water partition coefficient (Wildman–Crippen LogP) is 4.36. The number of benzene rings is 1. The van der Waals surface area contributed by atoms with E-state index in [0.29, 0.717) is 15.9 Å². The molecule has 1 aromatic carbocycles. The minimum absolute atomic E-state index is 0.0180. The molecule has 0 amide bonds. The molecule has 0 atom stereocenters. The fourth-order valence-corrected chi connectivity index (χ4v) is 4.10. The highest BCUT2D eigenvalue weighted by molar-refractivity contribution is 7.18. The van der Waals surface area contributed by atoms with E-state index in [1.807, 2.05) is 24.3 Å². The van der Waals surface area contributed by atoms with Gasteiger partial charge in [-0.05, 0) is 23.5 Å². The van der Waals surface area contributed by atoms with Crippen LogP contribution in [-0.4, -0.2) is 19.6 Å². The number of hydrogen-bond acceptors (Lipinski definition) is 7. The Morgan fingerprint density at radius 2 is 2.04 bits per heavy atom. The minimum Gasteiger partial charge on any atom is -0.430 e. The van der Waals surface area contributed by atoms with E-state index in [0.717, 1.165) is 16.3 Å². The first-order valence-electron chi connectivity index (χ1n) is 7.99. The first-order chi connectivity index (χ1) is 12.4. The molecular formula is C18H16N4O2S2. The fraction of sp³-hybridized carbons (Fsp3) is 0.222. The lowest BCUT2D eigenvalue weighted by Crippen LogP contribution is -2.12. The van der Waals surface area contributed by atoms with Gasteiger partial charge in [-0.25, -0.2) is 9.97 Å². The Hall–Kier alpha value is -2.58. The Morgan fingerprint density at radius 3 is 2.77 bits per heavy atom. The summed E-state index contributed by atoms with van der Waals surface area (Å²) < 4.78 is 7.08. The first-order valence-corrected chi connectivity index (χ1v) is 9.69. The Kier molecular flexibility index (Phi) is 4.08. The lowest BCUT2D eigenvalue weighted by molar-refractivity contribution is 0.469. The van der Waals surface area contributed by atoms with E-state index >= 15 is 0 Å². The van der Waals surface area contributed by atoms with Crippen LogP contribution in [0.15, 0.2) is 46.7 Å². The molecule has 4 rings (SSSR count). The molecule has 0 fully saturated rings. The lowest BCUT2D eigenvalue weighted by Gasteiger charge is -2.14. The van der Waals surface area contributed by atoms with E-state index in [1.54, 1.807) is 11.3 Å². The average Bonchev–Trinajstić information content (AvgIpc) is 3.22. The van der Waals surface area contributed by atoms with Crippen molar-refractivity contribution in [3.8, 4) is 21.5 Å². The van der Waals surface area contributed by atoms with Crippen LogP contribution in [0.2, 0.25) is 0 Å². The first kappa shape index (κ1) is 16.9. The lowest BCUT2D eigenvalue weighted by atomic mass is 9.93. The molecule has 0 unspecified atom stereocenters. The summed E-state index contributed by atoms with van der Waals surface area (Å²) in [5.74, 6) is 0.641. The molecule has 0 saturated heterocycles. The van der Waals surface area contributed by atoms with Gasteiger partial charge in [-0.3, -0.25) is 4.79 Å². The van der Waals surface area contributed by atoms with Crippen LogP contribution in [0.1, 0.15) is 26.5 Å². The largest absolute Gasteiger partial charge is 0.430 e. The SMILES string of the molecule is CC(C)(C)c1csc(-c2cccc(Oc3nn4c(=O)ccnc4s3)c2)n1. The highest BCUT2D eigenvalue weighted by Crippen LogP contribution is 2.33. The molecular weight excluding hydrogens is 368 g/mol. The number of aromatic nitrogens is 4. The van der Waals surface area contributed by atoms with Gasteiger partial charge in [0.15, 0.2) is 0 Å². The van der Waals surface area contributed by atoms with Crippen LogP contribution >= 0.6 is 22.7 Å². The van der Waals surface area contributed by atoms with Gasteiger partial charge in [-0.15, -0.1) is 16.4 Å². The van der Waals surface area contributed by atoms with Crippen LogP contribution in [0.3, 0.4) is 0 Å². The van der Waals surface area contributed by atoms with Crippen molar-refractivity contribution in [2.75, 3.05) is 0 Å². The maximum atomic E-state index is 11.8. The molecule has 8 heteroatoms.